The van der Waals surface area contributed by atoms with Crippen molar-refractivity contribution in [3.05, 3.63) is 121 Å². The molecule has 136 valence electrons. The maximum Gasteiger partial charge on any atom is 0.291 e. The number of anilines is 1. The van der Waals surface area contributed by atoms with Gasteiger partial charge < -0.3 is 9.73 Å². The number of rotatable bonds is 5. The summed E-state index contributed by atoms with van der Waals surface area (Å²) in [7, 11) is 0. The zero-order valence-electron chi connectivity index (χ0n) is 15.3. The van der Waals surface area contributed by atoms with Crippen LogP contribution in [0.5, 0.6) is 0 Å². The first-order chi connectivity index (χ1) is 13.7. The molecule has 0 aliphatic heterocycles. The fourth-order valence-corrected chi connectivity index (χ4v) is 3.10. The van der Waals surface area contributed by atoms with Gasteiger partial charge in [0, 0.05) is 11.3 Å². The highest BCUT2D eigenvalue weighted by Gasteiger charge is 2.13. The molecule has 0 saturated carbocycles. The van der Waals surface area contributed by atoms with Gasteiger partial charge in [-0.05, 0) is 40.5 Å². The minimum atomic E-state index is -0.287. The third-order valence-electron chi connectivity index (χ3n) is 4.59. The van der Waals surface area contributed by atoms with Gasteiger partial charge in [0.25, 0.3) is 5.91 Å². The van der Waals surface area contributed by atoms with Gasteiger partial charge in [0.2, 0.25) is 0 Å². The maximum absolute atomic E-state index is 12.4. The van der Waals surface area contributed by atoms with Crippen molar-refractivity contribution in [1.82, 2.24) is 0 Å². The molecule has 3 aromatic carbocycles. The molecule has 0 spiro atoms. The smallest absolute Gasteiger partial charge is 0.291 e. The fourth-order valence-electron chi connectivity index (χ4n) is 3.10. The molecular formula is C25H19NO2. The predicted octanol–water partition coefficient (Wildman–Crippen LogP) is 6.26. The number of carbonyl (C=O) groups is 1. The summed E-state index contributed by atoms with van der Waals surface area (Å²) in [4.78, 5) is 12.4. The molecule has 1 amide bonds. The van der Waals surface area contributed by atoms with Gasteiger partial charge in [-0.1, -0.05) is 79.4 Å². The van der Waals surface area contributed by atoms with Crippen molar-refractivity contribution in [1.29, 1.82) is 0 Å². The average Bonchev–Trinajstić information content (AvgIpc) is 3.30. The van der Waals surface area contributed by atoms with E-state index in [1.54, 1.807) is 12.1 Å². The van der Waals surface area contributed by atoms with Crippen LogP contribution >= 0.6 is 0 Å². The molecule has 0 saturated heterocycles. The van der Waals surface area contributed by atoms with Crippen molar-refractivity contribution in [2.75, 3.05) is 5.32 Å². The molecule has 0 aliphatic rings. The molecule has 3 heteroatoms. The summed E-state index contributed by atoms with van der Waals surface area (Å²) in [6, 6.07) is 29.5. The molecule has 1 aromatic heterocycles. The Morgan fingerprint density at radius 3 is 2.14 bits per heavy atom. The van der Waals surface area contributed by atoms with Crippen LogP contribution in [-0.2, 0) is 0 Å². The van der Waals surface area contributed by atoms with Gasteiger partial charge in [-0.25, -0.2) is 0 Å². The summed E-state index contributed by atoms with van der Waals surface area (Å²) in [5.41, 5.74) is 5.73. The van der Waals surface area contributed by atoms with E-state index in [0.29, 0.717) is 5.69 Å². The minimum Gasteiger partial charge on any atom is -0.459 e. The van der Waals surface area contributed by atoms with Crippen molar-refractivity contribution < 1.29 is 9.21 Å². The Bertz CT molecular complexity index is 1100. The fraction of sp³-hybridized carbons (Fsp3) is 0. The Morgan fingerprint density at radius 1 is 0.750 bits per heavy atom. The number of nitrogens with one attached hydrogen (secondary N) is 1. The second kappa shape index (κ2) is 7.80. The standard InChI is InChI=1S/C25H19NO2/c1-18(19-13-15-21(16-14-19)20-8-3-2-4-9-20)22-10-5-6-11-23(22)26-25(27)24-12-7-17-28-24/h2-17H,1H2,(H,26,27). The van der Waals surface area contributed by atoms with Crippen LogP contribution in [0.25, 0.3) is 16.7 Å². The average molecular weight is 365 g/mol. The number of hydrogen-bond acceptors (Lipinski definition) is 2. The first-order valence-corrected chi connectivity index (χ1v) is 9.01. The van der Waals surface area contributed by atoms with Crippen molar-refractivity contribution in [2.45, 2.75) is 0 Å². The van der Waals surface area contributed by atoms with Crippen LogP contribution < -0.4 is 5.32 Å². The van der Waals surface area contributed by atoms with Crippen LogP contribution in [0.3, 0.4) is 0 Å². The molecule has 0 radical (unpaired) electrons. The normalized spacial score (nSPS) is 10.4. The van der Waals surface area contributed by atoms with E-state index in [9.17, 15) is 4.79 Å². The van der Waals surface area contributed by atoms with Crippen molar-refractivity contribution >= 4 is 17.2 Å². The lowest BCUT2D eigenvalue weighted by Gasteiger charge is -2.13. The topological polar surface area (TPSA) is 42.2 Å². The number of para-hydroxylation sites is 1. The van der Waals surface area contributed by atoms with Gasteiger partial charge in [-0.3, -0.25) is 4.79 Å². The first-order valence-electron chi connectivity index (χ1n) is 9.01. The summed E-state index contributed by atoms with van der Waals surface area (Å²) in [5.74, 6) is -0.0164. The number of carbonyl (C=O) groups excluding carboxylic acids is 1. The lowest BCUT2D eigenvalue weighted by atomic mass is 9.96. The van der Waals surface area contributed by atoms with E-state index in [1.807, 2.05) is 42.5 Å². The molecule has 1 heterocycles. The highest BCUT2D eigenvalue weighted by atomic mass is 16.3. The Hall–Kier alpha value is -3.85. The predicted molar refractivity (Wildman–Crippen MR) is 113 cm³/mol. The van der Waals surface area contributed by atoms with Crippen LogP contribution in [0, 0.1) is 0 Å². The van der Waals surface area contributed by atoms with Crippen LogP contribution in [0.1, 0.15) is 21.7 Å². The van der Waals surface area contributed by atoms with E-state index < -0.39 is 0 Å². The molecule has 4 aromatic rings. The Kier molecular flexibility index (Phi) is 4.89. The van der Waals surface area contributed by atoms with E-state index in [4.69, 9.17) is 4.42 Å². The molecule has 0 atom stereocenters. The Balaban J connectivity index is 1.59. The summed E-state index contributed by atoms with van der Waals surface area (Å²) < 4.78 is 5.17. The molecule has 4 rings (SSSR count). The highest BCUT2D eigenvalue weighted by Crippen LogP contribution is 2.30. The SMILES string of the molecule is C=C(c1ccc(-c2ccccc2)cc1)c1ccccc1NC(=O)c1ccco1. The third-order valence-corrected chi connectivity index (χ3v) is 4.59. The van der Waals surface area contributed by atoms with Gasteiger partial charge >= 0.3 is 0 Å². The number of furan rings is 1. The van der Waals surface area contributed by atoms with Crippen molar-refractivity contribution in [3.63, 3.8) is 0 Å². The highest BCUT2D eigenvalue weighted by molar-refractivity contribution is 6.04. The Labute approximate surface area is 164 Å². The van der Waals surface area contributed by atoms with Gasteiger partial charge in [0.05, 0.1) is 6.26 Å². The molecule has 28 heavy (non-hydrogen) atoms. The molecule has 0 bridgehead atoms. The summed E-state index contributed by atoms with van der Waals surface area (Å²) >= 11 is 0. The Morgan fingerprint density at radius 2 is 1.43 bits per heavy atom. The molecule has 1 N–H and O–H groups in total. The number of amides is 1. The van der Waals surface area contributed by atoms with E-state index in [1.165, 1.54) is 11.8 Å². The summed E-state index contributed by atoms with van der Waals surface area (Å²) in [5, 5.41) is 2.91. The molecule has 0 unspecified atom stereocenters. The minimum absolute atomic E-state index is 0.271. The lowest BCUT2D eigenvalue weighted by Crippen LogP contribution is -2.12. The van der Waals surface area contributed by atoms with Crippen molar-refractivity contribution in [3.8, 4) is 11.1 Å². The van der Waals surface area contributed by atoms with Crippen LogP contribution in [0.15, 0.2) is 108 Å². The van der Waals surface area contributed by atoms with Crippen LogP contribution in [0.2, 0.25) is 0 Å². The maximum atomic E-state index is 12.4. The molecule has 3 nitrogen and oxygen atoms in total. The molecule has 0 fully saturated rings. The zero-order chi connectivity index (χ0) is 19.3. The lowest BCUT2D eigenvalue weighted by molar-refractivity contribution is 0.0996. The van der Waals surface area contributed by atoms with E-state index in [2.05, 4.69) is 48.3 Å². The monoisotopic (exact) mass is 365 g/mol. The van der Waals surface area contributed by atoms with Gasteiger partial charge in [0.1, 0.15) is 0 Å². The number of hydrogen-bond donors (Lipinski definition) is 1. The zero-order valence-corrected chi connectivity index (χ0v) is 15.3. The molecular weight excluding hydrogens is 346 g/mol. The van der Waals surface area contributed by atoms with Crippen LogP contribution in [-0.4, -0.2) is 5.91 Å². The quantitative estimate of drug-likeness (QED) is 0.453. The molecule has 0 aliphatic carbocycles. The van der Waals surface area contributed by atoms with Gasteiger partial charge in [-0.2, -0.15) is 0 Å². The van der Waals surface area contributed by atoms with Gasteiger partial charge in [0.15, 0.2) is 5.76 Å². The largest absolute Gasteiger partial charge is 0.459 e. The third kappa shape index (κ3) is 3.64. The second-order valence-electron chi connectivity index (χ2n) is 6.40. The second-order valence-corrected chi connectivity index (χ2v) is 6.40. The van der Waals surface area contributed by atoms with Crippen molar-refractivity contribution in [2.24, 2.45) is 0 Å². The van der Waals surface area contributed by atoms with E-state index in [-0.39, 0.29) is 11.7 Å². The summed E-state index contributed by atoms with van der Waals surface area (Å²) in [6.07, 6.45) is 1.48. The summed E-state index contributed by atoms with van der Waals surface area (Å²) in [6.45, 7) is 4.25. The van der Waals surface area contributed by atoms with Gasteiger partial charge in [-0.15, -0.1) is 0 Å². The van der Waals surface area contributed by atoms with E-state index >= 15 is 0 Å². The number of benzene rings is 3. The van der Waals surface area contributed by atoms with Crippen LogP contribution in [0.4, 0.5) is 5.69 Å². The van der Waals surface area contributed by atoms with E-state index in [0.717, 1.165) is 22.3 Å². The first kappa shape index (κ1) is 17.6.